The lowest BCUT2D eigenvalue weighted by Crippen LogP contribution is -1.97. The standard InChI is InChI=1S/C10H11FO/c1-7-4-3-5-9(8(7)2)10(11)6-12/h3-6,10H,1-2H3. The van der Waals surface area contributed by atoms with E-state index < -0.39 is 6.17 Å². The van der Waals surface area contributed by atoms with Gasteiger partial charge in [0, 0.05) is 0 Å². The summed E-state index contributed by atoms with van der Waals surface area (Å²) in [5.74, 6) is 0. The summed E-state index contributed by atoms with van der Waals surface area (Å²) in [6.07, 6.45) is -1.16. The smallest absolute Gasteiger partial charge is 0.180 e. The molecule has 1 aromatic rings. The maximum absolute atomic E-state index is 12.9. The number of benzene rings is 1. The van der Waals surface area contributed by atoms with Gasteiger partial charge < -0.3 is 0 Å². The zero-order valence-corrected chi connectivity index (χ0v) is 7.17. The second-order valence-corrected chi connectivity index (χ2v) is 2.83. The first-order chi connectivity index (χ1) is 5.66. The van der Waals surface area contributed by atoms with E-state index in [4.69, 9.17) is 0 Å². The van der Waals surface area contributed by atoms with Crippen molar-refractivity contribution in [2.75, 3.05) is 0 Å². The normalized spacial score (nSPS) is 12.6. The third-order valence-electron chi connectivity index (χ3n) is 2.06. The van der Waals surface area contributed by atoms with Crippen molar-refractivity contribution in [3.63, 3.8) is 0 Å². The van der Waals surface area contributed by atoms with Gasteiger partial charge in [0.2, 0.25) is 0 Å². The highest BCUT2D eigenvalue weighted by Crippen LogP contribution is 2.21. The summed E-state index contributed by atoms with van der Waals surface area (Å²) >= 11 is 0. The summed E-state index contributed by atoms with van der Waals surface area (Å²) in [4.78, 5) is 10.2. The Morgan fingerprint density at radius 1 is 1.42 bits per heavy atom. The molecule has 0 fully saturated rings. The van der Waals surface area contributed by atoms with E-state index in [9.17, 15) is 9.18 Å². The first-order valence-electron chi connectivity index (χ1n) is 3.82. The summed E-state index contributed by atoms with van der Waals surface area (Å²) in [6.45, 7) is 3.72. The molecule has 1 atom stereocenters. The summed E-state index contributed by atoms with van der Waals surface area (Å²) in [5, 5.41) is 0. The first-order valence-corrected chi connectivity index (χ1v) is 3.82. The molecule has 1 rings (SSSR count). The second kappa shape index (κ2) is 3.48. The van der Waals surface area contributed by atoms with Crippen molar-refractivity contribution in [1.82, 2.24) is 0 Å². The molecule has 0 N–H and O–H groups in total. The predicted octanol–water partition coefficient (Wildman–Crippen LogP) is 2.51. The molecule has 0 heterocycles. The number of halogens is 1. The van der Waals surface area contributed by atoms with Crippen LogP contribution in [0.4, 0.5) is 4.39 Å². The molecule has 2 heteroatoms. The molecule has 0 bridgehead atoms. The number of rotatable bonds is 2. The van der Waals surface area contributed by atoms with E-state index in [0.717, 1.165) is 11.1 Å². The molecular formula is C10H11FO. The van der Waals surface area contributed by atoms with Crippen LogP contribution in [0.25, 0.3) is 0 Å². The van der Waals surface area contributed by atoms with Crippen LogP contribution in [-0.2, 0) is 4.79 Å². The Bertz CT molecular complexity index is 294. The molecule has 0 saturated carbocycles. The average Bonchev–Trinajstić information content (AvgIpc) is 2.08. The minimum Gasteiger partial charge on any atom is -0.300 e. The fourth-order valence-electron chi connectivity index (χ4n) is 1.15. The Morgan fingerprint density at radius 3 is 2.67 bits per heavy atom. The number of hydrogen-bond donors (Lipinski definition) is 0. The monoisotopic (exact) mass is 166 g/mol. The number of aryl methyl sites for hydroxylation is 1. The van der Waals surface area contributed by atoms with Gasteiger partial charge in [-0.1, -0.05) is 18.2 Å². The molecule has 1 nitrogen and oxygen atoms in total. The third-order valence-corrected chi connectivity index (χ3v) is 2.06. The average molecular weight is 166 g/mol. The van der Waals surface area contributed by atoms with Gasteiger partial charge in [0.25, 0.3) is 0 Å². The Kier molecular flexibility index (Phi) is 2.58. The van der Waals surface area contributed by atoms with Crippen LogP contribution in [0, 0.1) is 13.8 Å². The Labute approximate surface area is 71.2 Å². The summed E-state index contributed by atoms with van der Waals surface area (Å²) in [5.41, 5.74) is 2.35. The molecule has 0 aromatic heterocycles. The van der Waals surface area contributed by atoms with Gasteiger partial charge >= 0.3 is 0 Å². The van der Waals surface area contributed by atoms with Crippen molar-refractivity contribution in [2.24, 2.45) is 0 Å². The van der Waals surface area contributed by atoms with E-state index in [1.54, 1.807) is 12.1 Å². The molecule has 0 amide bonds. The van der Waals surface area contributed by atoms with Crippen LogP contribution in [0.3, 0.4) is 0 Å². The third kappa shape index (κ3) is 1.52. The summed E-state index contributed by atoms with van der Waals surface area (Å²) < 4.78 is 12.9. The molecule has 0 radical (unpaired) electrons. The molecule has 1 unspecified atom stereocenters. The number of carbonyl (C=O) groups is 1. The Morgan fingerprint density at radius 2 is 2.08 bits per heavy atom. The highest BCUT2D eigenvalue weighted by atomic mass is 19.1. The van der Waals surface area contributed by atoms with Crippen molar-refractivity contribution < 1.29 is 9.18 Å². The molecule has 64 valence electrons. The maximum Gasteiger partial charge on any atom is 0.180 e. The van der Waals surface area contributed by atoms with Crippen LogP contribution in [0.5, 0.6) is 0 Å². The van der Waals surface area contributed by atoms with Gasteiger partial charge in [-0.3, -0.25) is 4.79 Å². The largest absolute Gasteiger partial charge is 0.300 e. The van der Waals surface area contributed by atoms with Gasteiger partial charge in [-0.2, -0.15) is 0 Å². The molecule has 0 aliphatic rings. The van der Waals surface area contributed by atoms with Gasteiger partial charge in [-0.05, 0) is 30.5 Å². The molecular weight excluding hydrogens is 155 g/mol. The summed E-state index contributed by atoms with van der Waals surface area (Å²) in [6, 6.07) is 5.30. The first kappa shape index (κ1) is 8.91. The van der Waals surface area contributed by atoms with Crippen molar-refractivity contribution >= 4 is 6.29 Å². The minimum atomic E-state index is -1.48. The molecule has 12 heavy (non-hydrogen) atoms. The van der Waals surface area contributed by atoms with Gasteiger partial charge in [-0.25, -0.2) is 4.39 Å². The van der Waals surface area contributed by atoms with Gasteiger partial charge in [-0.15, -0.1) is 0 Å². The molecule has 1 aromatic carbocycles. The SMILES string of the molecule is Cc1cccc(C(F)C=O)c1C. The second-order valence-electron chi connectivity index (χ2n) is 2.83. The van der Waals surface area contributed by atoms with Gasteiger partial charge in [0.15, 0.2) is 12.5 Å². The lowest BCUT2D eigenvalue weighted by Gasteiger charge is -2.07. The van der Waals surface area contributed by atoms with E-state index in [0.29, 0.717) is 11.8 Å². The van der Waals surface area contributed by atoms with Crippen LogP contribution in [0.2, 0.25) is 0 Å². The quantitative estimate of drug-likeness (QED) is 0.617. The van der Waals surface area contributed by atoms with E-state index in [1.165, 1.54) is 0 Å². The van der Waals surface area contributed by atoms with Gasteiger partial charge in [0.1, 0.15) is 0 Å². The lowest BCUT2D eigenvalue weighted by molar-refractivity contribution is -0.112. The fraction of sp³-hybridized carbons (Fsp3) is 0.300. The van der Waals surface area contributed by atoms with E-state index >= 15 is 0 Å². The fourth-order valence-corrected chi connectivity index (χ4v) is 1.15. The van der Waals surface area contributed by atoms with Gasteiger partial charge in [0.05, 0.1) is 0 Å². The zero-order chi connectivity index (χ0) is 9.14. The van der Waals surface area contributed by atoms with E-state index in [1.807, 2.05) is 19.9 Å². The van der Waals surface area contributed by atoms with Crippen LogP contribution >= 0.6 is 0 Å². The molecule has 0 aliphatic carbocycles. The van der Waals surface area contributed by atoms with Crippen molar-refractivity contribution in [3.8, 4) is 0 Å². The highest BCUT2D eigenvalue weighted by molar-refractivity contribution is 5.61. The van der Waals surface area contributed by atoms with Crippen LogP contribution < -0.4 is 0 Å². The molecule has 0 aliphatic heterocycles. The Balaban J connectivity index is 3.15. The maximum atomic E-state index is 12.9. The number of carbonyl (C=O) groups excluding carboxylic acids is 1. The number of aldehydes is 1. The molecule has 0 saturated heterocycles. The van der Waals surface area contributed by atoms with E-state index in [2.05, 4.69) is 0 Å². The van der Waals surface area contributed by atoms with Crippen LogP contribution in [-0.4, -0.2) is 6.29 Å². The Hall–Kier alpha value is -1.18. The topological polar surface area (TPSA) is 17.1 Å². The van der Waals surface area contributed by atoms with Crippen molar-refractivity contribution in [1.29, 1.82) is 0 Å². The summed E-state index contributed by atoms with van der Waals surface area (Å²) in [7, 11) is 0. The highest BCUT2D eigenvalue weighted by Gasteiger charge is 2.10. The van der Waals surface area contributed by atoms with Crippen LogP contribution in [0.1, 0.15) is 22.9 Å². The molecule has 0 spiro atoms. The predicted molar refractivity (Wildman–Crippen MR) is 45.8 cm³/mol. The van der Waals surface area contributed by atoms with Crippen LogP contribution in [0.15, 0.2) is 18.2 Å². The number of hydrogen-bond acceptors (Lipinski definition) is 1. The van der Waals surface area contributed by atoms with Crippen molar-refractivity contribution in [3.05, 3.63) is 34.9 Å². The van der Waals surface area contributed by atoms with E-state index in [-0.39, 0.29) is 0 Å². The lowest BCUT2D eigenvalue weighted by atomic mass is 10.0. The number of alkyl halides is 1. The van der Waals surface area contributed by atoms with Crippen molar-refractivity contribution in [2.45, 2.75) is 20.0 Å². The zero-order valence-electron chi connectivity index (χ0n) is 7.17. The minimum absolute atomic E-state index is 0.321.